The molecule has 2 fully saturated rings. The number of amides is 1. The highest BCUT2D eigenvalue weighted by Crippen LogP contribution is 2.30. The third-order valence-corrected chi connectivity index (χ3v) is 5.46. The fourth-order valence-electron chi connectivity index (χ4n) is 3.63. The zero-order valence-corrected chi connectivity index (χ0v) is 15.7. The summed E-state index contributed by atoms with van der Waals surface area (Å²) in [5, 5.41) is 0. The third kappa shape index (κ3) is 5.13. The second-order valence-electron chi connectivity index (χ2n) is 7.12. The van der Waals surface area contributed by atoms with Crippen molar-refractivity contribution in [2.45, 2.75) is 13.1 Å². The summed E-state index contributed by atoms with van der Waals surface area (Å²) >= 11 is 0. The number of hydrogen-bond donors (Lipinski definition) is 0. The van der Waals surface area contributed by atoms with E-state index < -0.39 is 11.7 Å². The summed E-state index contributed by atoms with van der Waals surface area (Å²) in [5.41, 5.74) is 0.170. The molecule has 1 aromatic rings. The van der Waals surface area contributed by atoms with Crippen molar-refractivity contribution >= 4 is 11.6 Å². The quantitative estimate of drug-likeness (QED) is 0.794. The van der Waals surface area contributed by atoms with Crippen LogP contribution in [0.5, 0.6) is 0 Å². The zero-order chi connectivity index (χ0) is 19.4. The lowest BCUT2D eigenvalue weighted by Gasteiger charge is -2.38. The van der Waals surface area contributed by atoms with Gasteiger partial charge in [-0.2, -0.15) is 13.2 Å². The molecule has 27 heavy (non-hydrogen) atoms. The van der Waals surface area contributed by atoms with Gasteiger partial charge < -0.3 is 14.7 Å². The molecule has 0 aliphatic carbocycles. The van der Waals surface area contributed by atoms with Crippen molar-refractivity contribution in [1.82, 2.24) is 14.7 Å². The van der Waals surface area contributed by atoms with Crippen LogP contribution in [-0.2, 0) is 11.0 Å². The maximum atomic E-state index is 12.7. The van der Waals surface area contributed by atoms with Crippen LogP contribution in [0.3, 0.4) is 0 Å². The Bertz CT molecular complexity index is 619. The number of carbonyl (C=O) groups excluding carboxylic acids is 1. The molecule has 2 saturated heterocycles. The molecular formula is C19H27F3N4O. The predicted molar refractivity (Wildman–Crippen MR) is 98.8 cm³/mol. The minimum Gasteiger partial charge on any atom is -0.369 e. The maximum Gasteiger partial charge on any atom is 0.416 e. The van der Waals surface area contributed by atoms with Crippen molar-refractivity contribution < 1.29 is 18.0 Å². The monoisotopic (exact) mass is 384 g/mol. The molecule has 2 aliphatic rings. The highest BCUT2D eigenvalue weighted by Gasteiger charge is 2.30. The molecule has 150 valence electrons. The molecule has 1 amide bonds. The van der Waals surface area contributed by atoms with E-state index in [2.05, 4.69) is 21.6 Å². The molecular weight excluding hydrogens is 357 g/mol. The summed E-state index contributed by atoms with van der Waals surface area (Å²) < 4.78 is 38.0. The molecule has 0 unspecified atom stereocenters. The number of hydrogen-bond acceptors (Lipinski definition) is 4. The highest BCUT2D eigenvalue weighted by atomic mass is 19.4. The van der Waals surface area contributed by atoms with Crippen LogP contribution in [0.15, 0.2) is 24.3 Å². The van der Waals surface area contributed by atoms with Crippen LogP contribution in [-0.4, -0.2) is 86.1 Å². The molecule has 0 radical (unpaired) electrons. The number of alkyl halides is 3. The van der Waals surface area contributed by atoms with Gasteiger partial charge in [0.25, 0.3) is 0 Å². The molecule has 0 N–H and O–H groups in total. The van der Waals surface area contributed by atoms with E-state index in [0.717, 1.165) is 63.6 Å². The molecule has 2 heterocycles. The van der Waals surface area contributed by atoms with Gasteiger partial charge in [-0.15, -0.1) is 0 Å². The number of benzene rings is 1. The highest BCUT2D eigenvalue weighted by molar-refractivity contribution is 5.78. The first-order chi connectivity index (χ1) is 12.9. The van der Waals surface area contributed by atoms with Crippen LogP contribution in [0.2, 0.25) is 0 Å². The van der Waals surface area contributed by atoms with Crippen LogP contribution in [0.25, 0.3) is 0 Å². The van der Waals surface area contributed by atoms with Gasteiger partial charge in [-0.05, 0) is 30.8 Å². The lowest BCUT2D eigenvalue weighted by molar-refractivity contribution is -0.137. The summed E-state index contributed by atoms with van der Waals surface area (Å²) in [6.07, 6.45) is -4.31. The van der Waals surface area contributed by atoms with Gasteiger partial charge in [-0.25, -0.2) is 0 Å². The fraction of sp³-hybridized carbons (Fsp3) is 0.632. The summed E-state index contributed by atoms with van der Waals surface area (Å²) in [7, 11) is 0. The van der Waals surface area contributed by atoms with Crippen LogP contribution in [0.1, 0.15) is 12.5 Å². The summed E-state index contributed by atoms with van der Waals surface area (Å²) in [6, 6.07) is 5.30. The molecule has 0 saturated carbocycles. The van der Waals surface area contributed by atoms with Gasteiger partial charge in [-0.1, -0.05) is 6.92 Å². The van der Waals surface area contributed by atoms with Gasteiger partial charge in [0, 0.05) is 58.0 Å². The van der Waals surface area contributed by atoms with Gasteiger partial charge in [0.15, 0.2) is 0 Å². The number of likely N-dealkylation sites (N-methyl/N-ethyl adjacent to an activating group) is 1. The van der Waals surface area contributed by atoms with Gasteiger partial charge >= 0.3 is 6.18 Å². The molecule has 8 heteroatoms. The topological polar surface area (TPSA) is 30.0 Å². The Labute approximate surface area is 158 Å². The van der Waals surface area contributed by atoms with Crippen molar-refractivity contribution in [2.75, 3.05) is 70.3 Å². The van der Waals surface area contributed by atoms with Gasteiger partial charge in [0.05, 0.1) is 12.1 Å². The number of anilines is 1. The molecule has 5 nitrogen and oxygen atoms in total. The minimum absolute atomic E-state index is 0.175. The molecule has 1 aromatic carbocycles. The molecule has 2 aliphatic heterocycles. The summed E-state index contributed by atoms with van der Waals surface area (Å²) in [4.78, 5) is 21.0. The van der Waals surface area contributed by atoms with Crippen molar-refractivity contribution in [3.63, 3.8) is 0 Å². The van der Waals surface area contributed by atoms with Gasteiger partial charge in [-0.3, -0.25) is 9.69 Å². The van der Waals surface area contributed by atoms with Crippen LogP contribution < -0.4 is 4.90 Å². The van der Waals surface area contributed by atoms with E-state index in [1.807, 2.05) is 4.90 Å². The van der Waals surface area contributed by atoms with E-state index >= 15 is 0 Å². The van der Waals surface area contributed by atoms with E-state index in [9.17, 15) is 18.0 Å². The first kappa shape index (κ1) is 19.9. The second-order valence-corrected chi connectivity index (χ2v) is 7.12. The van der Waals surface area contributed by atoms with E-state index in [4.69, 9.17) is 0 Å². The number of piperazine rings is 2. The molecule has 0 atom stereocenters. The maximum absolute atomic E-state index is 12.7. The lowest BCUT2D eigenvalue weighted by Crippen LogP contribution is -2.53. The first-order valence-electron chi connectivity index (χ1n) is 9.51. The van der Waals surface area contributed by atoms with E-state index in [1.165, 1.54) is 12.1 Å². The summed E-state index contributed by atoms with van der Waals surface area (Å²) in [6.45, 7) is 9.92. The average Bonchev–Trinajstić information content (AvgIpc) is 2.68. The Morgan fingerprint density at radius 3 is 1.96 bits per heavy atom. The van der Waals surface area contributed by atoms with E-state index in [-0.39, 0.29) is 5.91 Å². The van der Waals surface area contributed by atoms with Crippen molar-refractivity contribution in [1.29, 1.82) is 0 Å². The lowest BCUT2D eigenvalue weighted by atomic mass is 10.1. The van der Waals surface area contributed by atoms with Crippen molar-refractivity contribution in [2.24, 2.45) is 0 Å². The minimum atomic E-state index is -4.31. The SMILES string of the molecule is CCN1CCN(C(=O)CN2CCN(c3ccc(C(F)(F)F)cc3)CC2)CC1. The Balaban J connectivity index is 1.45. The van der Waals surface area contributed by atoms with E-state index in [0.29, 0.717) is 19.6 Å². The Morgan fingerprint density at radius 1 is 0.889 bits per heavy atom. The number of carbonyl (C=O) groups is 1. The second kappa shape index (κ2) is 8.48. The molecule has 0 spiro atoms. The molecule has 3 rings (SSSR count). The van der Waals surface area contributed by atoms with Gasteiger partial charge in [0.2, 0.25) is 5.91 Å². The number of nitrogens with zero attached hydrogens (tertiary/aromatic N) is 4. The summed E-state index contributed by atoms with van der Waals surface area (Å²) in [5.74, 6) is 0.175. The number of halogens is 3. The zero-order valence-electron chi connectivity index (χ0n) is 15.7. The Kier molecular flexibility index (Phi) is 6.26. The Morgan fingerprint density at radius 2 is 1.44 bits per heavy atom. The predicted octanol–water partition coefficient (Wildman–Crippen LogP) is 1.99. The van der Waals surface area contributed by atoms with Crippen LogP contribution >= 0.6 is 0 Å². The van der Waals surface area contributed by atoms with Crippen LogP contribution in [0.4, 0.5) is 18.9 Å². The normalized spacial score (nSPS) is 20.1. The standard InChI is InChI=1S/C19H27F3N4O/c1-2-23-7-13-26(14-8-23)18(27)15-24-9-11-25(12-10-24)17-5-3-16(4-6-17)19(20,21)22/h3-6H,2,7-15H2,1H3. The van der Waals surface area contributed by atoms with Crippen LogP contribution in [0, 0.1) is 0 Å². The molecule has 0 bridgehead atoms. The average molecular weight is 384 g/mol. The van der Waals surface area contributed by atoms with Gasteiger partial charge in [0.1, 0.15) is 0 Å². The fourth-order valence-corrected chi connectivity index (χ4v) is 3.63. The van der Waals surface area contributed by atoms with Crippen molar-refractivity contribution in [3.05, 3.63) is 29.8 Å². The number of rotatable bonds is 4. The van der Waals surface area contributed by atoms with E-state index in [1.54, 1.807) is 0 Å². The van der Waals surface area contributed by atoms with Crippen molar-refractivity contribution in [3.8, 4) is 0 Å². The Hall–Kier alpha value is -1.80. The largest absolute Gasteiger partial charge is 0.416 e. The first-order valence-corrected chi connectivity index (χ1v) is 9.51. The smallest absolute Gasteiger partial charge is 0.369 e. The molecule has 0 aromatic heterocycles. The third-order valence-electron chi connectivity index (χ3n) is 5.46.